The van der Waals surface area contributed by atoms with Crippen LogP contribution in [0.3, 0.4) is 0 Å². The zero-order valence-electron chi connectivity index (χ0n) is 35.5. The SMILES string of the molecule is CCC(C)CCCCCCCCC(=O)N(C)[C@H](CO)C(=O)N[C@H](C)C(=O)NCC(=O)N(C)C1C(=O)N[C@@H](C)C(=O)NC(C(=O)O)Cc2ccc(O)c(c2)-c2cc1ccc2O. The number of carbonyl (C=O) groups is 7. The quantitative estimate of drug-likeness (QED) is 0.0955. The average Bonchev–Trinajstić information content (AvgIpc) is 3.21. The maximum absolute atomic E-state index is 13.9. The lowest BCUT2D eigenvalue weighted by Crippen LogP contribution is -2.55. The van der Waals surface area contributed by atoms with Crippen molar-refractivity contribution in [1.29, 1.82) is 0 Å². The van der Waals surface area contributed by atoms with Crippen molar-refractivity contribution in [2.75, 3.05) is 27.2 Å². The number of hydrogen-bond donors (Lipinski definition) is 8. The zero-order chi connectivity index (χ0) is 44.7. The number of unbranched alkanes of at least 4 members (excludes halogenated alkanes) is 5. The highest BCUT2D eigenvalue weighted by Gasteiger charge is 2.34. The van der Waals surface area contributed by atoms with Gasteiger partial charge in [0, 0.05) is 38.1 Å². The van der Waals surface area contributed by atoms with Crippen molar-refractivity contribution in [3.63, 3.8) is 0 Å². The number of rotatable bonds is 19. The molecule has 1 aliphatic heterocycles. The summed E-state index contributed by atoms with van der Waals surface area (Å²) in [7, 11) is 2.69. The summed E-state index contributed by atoms with van der Waals surface area (Å²) >= 11 is 0. The van der Waals surface area contributed by atoms with E-state index >= 15 is 0 Å². The molecular weight excluding hydrogens is 777 g/mol. The highest BCUT2D eigenvalue weighted by molar-refractivity contribution is 5.96. The summed E-state index contributed by atoms with van der Waals surface area (Å²) in [5.74, 6) is -5.52. The monoisotopic (exact) mass is 838 g/mol. The first-order chi connectivity index (χ1) is 28.4. The van der Waals surface area contributed by atoms with E-state index in [0.29, 0.717) is 12.0 Å². The van der Waals surface area contributed by atoms with Gasteiger partial charge in [-0.05, 0) is 61.6 Å². The Bertz CT molecular complexity index is 1860. The van der Waals surface area contributed by atoms with Gasteiger partial charge in [-0.25, -0.2) is 4.79 Å². The molecule has 0 aromatic heterocycles. The first-order valence-electron chi connectivity index (χ1n) is 20.6. The average molecular weight is 839 g/mol. The van der Waals surface area contributed by atoms with Crippen LogP contribution in [-0.4, -0.2) is 123 Å². The van der Waals surface area contributed by atoms with Crippen LogP contribution in [0.5, 0.6) is 11.5 Å². The van der Waals surface area contributed by atoms with Gasteiger partial charge in [0.1, 0.15) is 41.7 Å². The number of phenolic OH excluding ortho intramolecular Hbond substituents is 2. The van der Waals surface area contributed by atoms with Crippen LogP contribution < -0.4 is 21.3 Å². The number of aliphatic hydroxyl groups excluding tert-OH is 1. The minimum absolute atomic E-state index is 0.0659. The molecule has 3 rings (SSSR count). The van der Waals surface area contributed by atoms with Crippen molar-refractivity contribution in [3.8, 4) is 22.6 Å². The Balaban J connectivity index is 1.68. The molecule has 60 heavy (non-hydrogen) atoms. The van der Waals surface area contributed by atoms with Crippen molar-refractivity contribution in [2.24, 2.45) is 5.92 Å². The number of benzene rings is 2. The summed E-state index contributed by atoms with van der Waals surface area (Å²) in [6.07, 6.45) is 8.39. The van der Waals surface area contributed by atoms with Crippen LogP contribution in [0.2, 0.25) is 0 Å². The van der Waals surface area contributed by atoms with Crippen LogP contribution in [0.15, 0.2) is 36.4 Å². The molecule has 8 N–H and O–H groups in total. The van der Waals surface area contributed by atoms with E-state index in [0.717, 1.165) is 41.4 Å². The van der Waals surface area contributed by atoms with E-state index in [4.69, 9.17) is 0 Å². The summed E-state index contributed by atoms with van der Waals surface area (Å²) < 4.78 is 0. The third kappa shape index (κ3) is 13.7. The molecule has 4 bridgehead atoms. The molecular formula is C43H62N6O11. The number of amides is 6. The van der Waals surface area contributed by atoms with Crippen molar-refractivity contribution in [1.82, 2.24) is 31.1 Å². The van der Waals surface area contributed by atoms with E-state index in [1.54, 1.807) is 0 Å². The van der Waals surface area contributed by atoms with Gasteiger partial charge < -0.3 is 51.5 Å². The minimum Gasteiger partial charge on any atom is -0.507 e. The molecule has 3 unspecified atom stereocenters. The van der Waals surface area contributed by atoms with Crippen molar-refractivity contribution in [3.05, 3.63) is 47.5 Å². The maximum Gasteiger partial charge on any atom is 0.326 e. The summed E-state index contributed by atoms with van der Waals surface area (Å²) in [6.45, 7) is 5.80. The summed E-state index contributed by atoms with van der Waals surface area (Å²) in [6, 6.07) is 1.62. The van der Waals surface area contributed by atoms with Crippen LogP contribution in [0.1, 0.15) is 103 Å². The number of aromatic hydroxyl groups is 2. The van der Waals surface area contributed by atoms with Gasteiger partial charge in [-0.15, -0.1) is 0 Å². The molecule has 0 spiro atoms. The summed E-state index contributed by atoms with van der Waals surface area (Å²) in [5, 5.41) is 51.2. The highest BCUT2D eigenvalue weighted by Crippen LogP contribution is 2.38. The lowest BCUT2D eigenvalue weighted by Gasteiger charge is -2.30. The van der Waals surface area contributed by atoms with Crippen molar-refractivity contribution >= 4 is 41.4 Å². The first kappa shape index (κ1) is 48.7. The van der Waals surface area contributed by atoms with Gasteiger partial charge in [-0.2, -0.15) is 0 Å². The Labute approximate surface area is 351 Å². The fourth-order valence-electron chi connectivity index (χ4n) is 6.88. The molecule has 6 amide bonds. The van der Waals surface area contributed by atoms with Crippen LogP contribution in [0.4, 0.5) is 0 Å². The van der Waals surface area contributed by atoms with Gasteiger partial charge in [0.05, 0.1) is 13.2 Å². The standard InChI is InChI=1S/C43H62N6O11/c1-7-25(2)14-12-10-8-9-11-13-15-36(53)48(5)33(24-50)41(57)45-26(3)39(55)44-23-37(54)49(6)38-29-17-19-35(52)31(22-29)30-20-28(16-18-34(30)51)21-32(43(59)60)47-40(56)27(4)46-42(38)58/h16-20,22,25-27,32-33,38,50-52H,7-15,21,23-24H2,1-6H3,(H,44,55)(H,45,57)(H,46,58)(H,47,56)(H,59,60)/t25?,26-,27+,32?,33-,38?/m1/s1. The number of carboxylic acids is 1. The van der Waals surface area contributed by atoms with E-state index in [1.807, 2.05) is 0 Å². The highest BCUT2D eigenvalue weighted by atomic mass is 16.4. The molecule has 330 valence electrons. The number of fused-ring (bicyclic) bond motifs is 5. The normalized spacial score (nSPS) is 18.1. The molecule has 17 heteroatoms. The summed E-state index contributed by atoms with van der Waals surface area (Å²) in [4.78, 5) is 93.8. The Hall–Kier alpha value is -5.71. The van der Waals surface area contributed by atoms with Gasteiger partial charge in [0.25, 0.3) is 0 Å². The number of nitrogens with zero attached hydrogens (tertiary/aromatic N) is 2. The second kappa shape index (κ2) is 23.2. The molecule has 0 radical (unpaired) electrons. The Kier molecular flexibility index (Phi) is 18.8. The lowest BCUT2D eigenvalue weighted by molar-refractivity contribution is -0.143. The Morgan fingerprint density at radius 1 is 0.833 bits per heavy atom. The van der Waals surface area contributed by atoms with Gasteiger partial charge in [-0.1, -0.05) is 70.9 Å². The summed E-state index contributed by atoms with van der Waals surface area (Å²) in [5.41, 5.74) is 0.723. The smallest absolute Gasteiger partial charge is 0.326 e. The fraction of sp³-hybridized carbons (Fsp3) is 0.558. The number of aliphatic hydroxyl groups is 1. The van der Waals surface area contributed by atoms with Gasteiger partial charge in [0.15, 0.2) is 0 Å². The topological polar surface area (TPSA) is 255 Å². The van der Waals surface area contributed by atoms with E-state index in [1.165, 1.54) is 83.6 Å². The molecule has 0 saturated heterocycles. The number of aliphatic carboxylic acids is 1. The number of nitrogens with one attached hydrogen (secondary N) is 4. The van der Waals surface area contributed by atoms with E-state index in [9.17, 15) is 54.0 Å². The predicted octanol–water partition coefficient (Wildman–Crippen LogP) is 2.50. The molecule has 6 atom stereocenters. The molecule has 1 heterocycles. The zero-order valence-corrected chi connectivity index (χ0v) is 35.5. The number of carboxylic acid groups (broad SMARTS) is 1. The molecule has 2 aromatic carbocycles. The molecule has 2 aromatic rings. The van der Waals surface area contributed by atoms with Gasteiger partial charge in [-0.3, -0.25) is 28.8 Å². The first-order valence-corrected chi connectivity index (χ1v) is 20.6. The maximum atomic E-state index is 13.9. The van der Waals surface area contributed by atoms with Crippen LogP contribution in [0.25, 0.3) is 11.1 Å². The van der Waals surface area contributed by atoms with Gasteiger partial charge in [0.2, 0.25) is 35.4 Å². The molecule has 17 nitrogen and oxygen atoms in total. The largest absolute Gasteiger partial charge is 0.507 e. The number of likely N-dealkylation sites (N-methyl/N-ethyl adjacent to an activating group) is 2. The second-order valence-electron chi connectivity index (χ2n) is 15.7. The Morgan fingerprint density at radius 3 is 2.08 bits per heavy atom. The molecule has 0 fully saturated rings. The van der Waals surface area contributed by atoms with E-state index in [2.05, 4.69) is 35.1 Å². The van der Waals surface area contributed by atoms with Gasteiger partial charge >= 0.3 is 5.97 Å². The third-order valence-electron chi connectivity index (χ3n) is 11.1. The van der Waals surface area contributed by atoms with Crippen LogP contribution in [-0.2, 0) is 40.0 Å². The molecule has 0 aliphatic carbocycles. The van der Waals surface area contributed by atoms with Crippen molar-refractivity contribution in [2.45, 2.75) is 122 Å². The second-order valence-corrected chi connectivity index (χ2v) is 15.7. The number of carbonyl (C=O) groups excluding carboxylic acids is 6. The Morgan fingerprint density at radius 2 is 1.45 bits per heavy atom. The van der Waals surface area contributed by atoms with Crippen LogP contribution >= 0.6 is 0 Å². The molecule has 0 saturated carbocycles. The van der Waals surface area contributed by atoms with E-state index in [-0.39, 0.29) is 46.9 Å². The number of hydrogen-bond acceptors (Lipinski definition) is 10. The van der Waals surface area contributed by atoms with E-state index < -0.39 is 78.9 Å². The fourth-order valence-corrected chi connectivity index (χ4v) is 6.88. The molecule has 1 aliphatic rings. The van der Waals surface area contributed by atoms with Crippen molar-refractivity contribution < 1.29 is 54.0 Å². The number of phenols is 2. The predicted molar refractivity (Wildman–Crippen MR) is 222 cm³/mol. The van der Waals surface area contributed by atoms with Crippen LogP contribution in [0, 0.1) is 5.92 Å². The third-order valence-corrected chi connectivity index (χ3v) is 11.1. The lowest BCUT2D eigenvalue weighted by atomic mass is 9.94. The minimum atomic E-state index is -1.47.